The first-order valence-corrected chi connectivity index (χ1v) is 2.20. The molecule has 0 aromatic heterocycles. The average molecular weight is 152 g/mol. The number of carbonyl (C=O) groups is 1. The Hall–Kier alpha value is -0.770. The summed E-state index contributed by atoms with van der Waals surface area (Å²) >= 11 is 0. The van der Waals surface area contributed by atoms with Gasteiger partial charge in [0, 0.05) is 6.92 Å². The highest BCUT2D eigenvalue weighted by Crippen LogP contribution is 1.58. The summed E-state index contributed by atoms with van der Waals surface area (Å²) in [5.74, 6) is -0.194. The summed E-state index contributed by atoms with van der Waals surface area (Å²) in [5, 5.41) is 9.01. The van der Waals surface area contributed by atoms with E-state index in [9.17, 15) is 4.79 Å². The first-order valence-electron chi connectivity index (χ1n) is 2.20. The third-order valence-corrected chi connectivity index (χ3v) is 0.528. The molecular formula is C4H10ClN3O. The number of rotatable bonds is 2. The van der Waals surface area contributed by atoms with Crippen LogP contribution >= 0.6 is 12.4 Å². The normalized spacial score (nSPS) is 7.22. The van der Waals surface area contributed by atoms with Crippen molar-refractivity contribution in [1.29, 1.82) is 5.41 Å². The van der Waals surface area contributed by atoms with Crippen molar-refractivity contribution in [3.63, 3.8) is 0 Å². The van der Waals surface area contributed by atoms with Gasteiger partial charge in [0.1, 0.15) is 5.84 Å². The lowest BCUT2D eigenvalue weighted by molar-refractivity contribution is -0.118. The molecule has 0 bridgehead atoms. The van der Waals surface area contributed by atoms with Crippen LogP contribution in [-0.4, -0.2) is 18.3 Å². The molecule has 0 fully saturated rings. The maximum absolute atomic E-state index is 10.1. The van der Waals surface area contributed by atoms with Crippen LogP contribution in [0.25, 0.3) is 0 Å². The van der Waals surface area contributed by atoms with E-state index < -0.39 is 0 Å². The summed E-state index contributed by atoms with van der Waals surface area (Å²) in [6, 6.07) is 0. The van der Waals surface area contributed by atoms with Crippen LogP contribution in [0.15, 0.2) is 0 Å². The third kappa shape index (κ3) is 11.1. The Morgan fingerprint density at radius 1 is 1.78 bits per heavy atom. The van der Waals surface area contributed by atoms with Crippen molar-refractivity contribution in [3.8, 4) is 0 Å². The molecule has 4 N–H and O–H groups in total. The van der Waals surface area contributed by atoms with Crippen molar-refractivity contribution in [2.75, 3.05) is 6.54 Å². The summed E-state index contributed by atoms with van der Waals surface area (Å²) in [6.07, 6.45) is 0. The standard InChI is InChI=1S/C4H9N3O.ClH/c1-3(8)7-2-4(5)6;/h2H2,1H3,(H3,5,6)(H,7,8);1H. The molecule has 0 unspecified atom stereocenters. The molecule has 9 heavy (non-hydrogen) atoms. The number of nitrogens with two attached hydrogens (primary N) is 1. The second kappa shape index (κ2) is 5.37. The lowest BCUT2D eigenvalue weighted by Crippen LogP contribution is -2.31. The van der Waals surface area contributed by atoms with E-state index in [-0.39, 0.29) is 30.7 Å². The third-order valence-electron chi connectivity index (χ3n) is 0.528. The highest BCUT2D eigenvalue weighted by molar-refractivity contribution is 5.85. The Balaban J connectivity index is 0. The van der Waals surface area contributed by atoms with Gasteiger partial charge in [0.25, 0.3) is 0 Å². The quantitative estimate of drug-likeness (QED) is 0.367. The van der Waals surface area contributed by atoms with Gasteiger partial charge in [-0.25, -0.2) is 0 Å². The van der Waals surface area contributed by atoms with Crippen LogP contribution in [0, 0.1) is 5.41 Å². The van der Waals surface area contributed by atoms with Gasteiger partial charge in [-0.15, -0.1) is 12.4 Å². The van der Waals surface area contributed by atoms with Crippen molar-refractivity contribution in [1.82, 2.24) is 5.32 Å². The number of carbonyl (C=O) groups excluding carboxylic acids is 1. The molecule has 0 saturated carbocycles. The Morgan fingerprint density at radius 2 is 2.22 bits per heavy atom. The van der Waals surface area contributed by atoms with Crippen LogP contribution in [-0.2, 0) is 4.79 Å². The van der Waals surface area contributed by atoms with Gasteiger partial charge >= 0.3 is 0 Å². The first-order chi connectivity index (χ1) is 3.63. The number of hydrogen-bond donors (Lipinski definition) is 3. The summed E-state index contributed by atoms with van der Waals surface area (Å²) in [5.41, 5.74) is 4.91. The van der Waals surface area contributed by atoms with Gasteiger partial charge in [-0.1, -0.05) is 0 Å². The van der Waals surface area contributed by atoms with E-state index in [2.05, 4.69) is 5.32 Å². The van der Waals surface area contributed by atoms with Crippen LogP contribution in [0.1, 0.15) is 6.92 Å². The molecule has 0 rings (SSSR count). The van der Waals surface area contributed by atoms with Crippen molar-refractivity contribution >= 4 is 24.1 Å². The SMILES string of the molecule is CC(=O)NCC(=N)N.Cl. The molecule has 0 aliphatic heterocycles. The predicted octanol–water partition coefficient (Wildman–Crippen LogP) is -0.520. The van der Waals surface area contributed by atoms with Gasteiger partial charge in [0.2, 0.25) is 5.91 Å². The molecule has 54 valence electrons. The zero-order valence-corrected chi connectivity index (χ0v) is 5.92. The summed E-state index contributed by atoms with van der Waals surface area (Å²) < 4.78 is 0. The minimum Gasteiger partial charge on any atom is -0.386 e. The fourth-order valence-electron chi connectivity index (χ4n) is 0.220. The summed E-state index contributed by atoms with van der Waals surface area (Å²) in [4.78, 5) is 10.1. The monoisotopic (exact) mass is 151 g/mol. The van der Waals surface area contributed by atoms with Crippen molar-refractivity contribution in [2.45, 2.75) is 6.92 Å². The lowest BCUT2D eigenvalue weighted by Gasteiger charge is -1.95. The number of halogens is 1. The van der Waals surface area contributed by atoms with Crippen molar-refractivity contribution in [2.24, 2.45) is 5.73 Å². The van der Waals surface area contributed by atoms with Gasteiger partial charge in [-0.2, -0.15) is 0 Å². The zero-order chi connectivity index (χ0) is 6.57. The largest absolute Gasteiger partial charge is 0.386 e. The van der Waals surface area contributed by atoms with E-state index in [1.54, 1.807) is 0 Å². The number of amidine groups is 1. The van der Waals surface area contributed by atoms with E-state index in [0.29, 0.717) is 0 Å². The highest BCUT2D eigenvalue weighted by atomic mass is 35.5. The fraction of sp³-hybridized carbons (Fsp3) is 0.500. The topological polar surface area (TPSA) is 79.0 Å². The minimum atomic E-state index is -0.166. The summed E-state index contributed by atoms with van der Waals surface area (Å²) in [6.45, 7) is 1.53. The average Bonchev–Trinajstić information content (AvgIpc) is 1.61. The van der Waals surface area contributed by atoms with E-state index >= 15 is 0 Å². The van der Waals surface area contributed by atoms with Crippen LogP contribution in [0.3, 0.4) is 0 Å². The Bertz CT molecular complexity index is 100. The van der Waals surface area contributed by atoms with Gasteiger partial charge in [-0.05, 0) is 0 Å². The van der Waals surface area contributed by atoms with Crippen molar-refractivity contribution in [3.05, 3.63) is 0 Å². The molecule has 1 amide bonds. The van der Waals surface area contributed by atoms with Crippen molar-refractivity contribution < 1.29 is 4.79 Å². The molecule has 0 radical (unpaired) electrons. The van der Waals surface area contributed by atoms with Crippen LogP contribution in [0.4, 0.5) is 0 Å². The minimum absolute atomic E-state index is 0. The fourth-order valence-corrected chi connectivity index (χ4v) is 0.220. The van der Waals surface area contributed by atoms with Gasteiger partial charge < -0.3 is 11.1 Å². The number of nitrogens with one attached hydrogen (secondary N) is 2. The van der Waals surface area contributed by atoms with Crippen LogP contribution in [0.2, 0.25) is 0 Å². The molecular weight excluding hydrogens is 142 g/mol. The molecule has 0 atom stereocenters. The molecule has 0 aromatic carbocycles. The van der Waals surface area contributed by atoms with Crippen LogP contribution < -0.4 is 11.1 Å². The molecule has 0 saturated heterocycles. The zero-order valence-electron chi connectivity index (χ0n) is 5.10. The van der Waals surface area contributed by atoms with Gasteiger partial charge in [0.05, 0.1) is 6.54 Å². The molecule has 0 aliphatic carbocycles. The molecule has 4 nitrogen and oxygen atoms in total. The maximum atomic E-state index is 10.1. The molecule has 0 aliphatic rings. The van der Waals surface area contributed by atoms with Gasteiger partial charge in [0.15, 0.2) is 0 Å². The maximum Gasteiger partial charge on any atom is 0.217 e. The van der Waals surface area contributed by atoms with E-state index in [4.69, 9.17) is 11.1 Å². The number of amides is 1. The molecule has 0 heterocycles. The Morgan fingerprint density at radius 3 is 2.33 bits per heavy atom. The lowest BCUT2D eigenvalue weighted by atomic mass is 10.5. The Kier molecular flexibility index (Phi) is 6.61. The molecule has 5 heteroatoms. The first kappa shape index (κ1) is 11.1. The second-order valence-corrected chi connectivity index (χ2v) is 1.43. The van der Waals surface area contributed by atoms with E-state index in [1.165, 1.54) is 6.92 Å². The Labute approximate surface area is 59.7 Å². The predicted molar refractivity (Wildman–Crippen MR) is 37.8 cm³/mol. The second-order valence-electron chi connectivity index (χ2n) is 1.43. The van der Waals surface area contributed by atoms with Crippen LogP contribution in [0.5, 0.6) is 0 Å². The molecule has 0 spiro atoms. The van der Waals surface area contributed by atoms with E-state index in [0.717, 1.165) is 0 Å². The summed E-state index contributed by atoms with van der Waals surface area (Å²) in [7, 11) is 0. The van der Waals surface area contributed by atoms with E-state index in [1.807, 2.05) is 0 Å². The molecule has 0 aromatic rings. The number of hydrogen-bond acceptors (Lipinski definition) is 2. The highest BCUT2D eigenvalue weighted by Gasteiger charge is 1.88. The van der Waals surface area contributed by atoms with Gasteiger partial charge in [-0.3, -0.25) is 10.2 Å². The smallest absolute Gasteiger partial charge is 0.217 e.